The van der Waals surface area contributed by atoms with Crippen molar-refractivity contribution in [3.8, 4) is 5.75 Å². The first-order valence-corrected chi connectivity index (χ1v) is 4.60. The van der Waals surface area contributed by atoms with Crippen molar-refractivity contribution in [3.63, 3.8) is 0 Å². The van der Waals surface area contributed by atoms with E-state index < -0.39 is 30.2 Å². The number of nitrogens with two attached hydrogens (primary N) is 1. The second-order valence-electron chi connectivity index (χ2n) is 3.47. The number of benzene rings is 1. The zero-order valence-electron chi connectivity index (χ0n) is 8.26. The van der Waals surface area contributed by atoms with Crippen LogP contribution in [-0.2, 0) is 0 Å². The molecule has 0 radical (unpaired) electrons. The fourth-order valence-corrected chi connectivity index (χ4v) is 1.24. The minimum absolute atomic E-state index is 0.236. The minimum Gasteiger partial charge on any atom is -0.505 e. The maximum atomic E-state index is 12.9. The summed E-state index contributed by atoms with van der Waals surface area (Å²) in [6.45, 7) is 0. The third-order valence-corrected chi connectivity index (χ3v) is 2.14. The maximum Gasteiger partial charge on any atom is 0.389 e. The molecule has 0 amide bonds. The Bertz CT molecular complexity index is 364. The molecule has 2 nitrogen and oxygen atoms in total. The number of hydrogen-bond donors (Lipinski definition) is 2. The molecule has 90 valence electrons. The highest BCUT2D eigenvalue weighted by Gasteiger charge is 2.27. The molecule has 0 aliphatic rings. The van der Waals surface area contributed by atoms with Gasteiger partial charge in [0.1, 0.15) is 0 Å². The predicted molar refractivity (Wildman–Crippen MR) is 50.3 cm³/mol. The van der Waals surface area contributed by atoms with Gasteiger partial charge in [0.25, 0.3) is 0 Å². The third kappa shape index (κ3) is 3.69. The molecule has 0 saturated carbocycles. The summed E-state index contributed by atoms with van der Waals surface area (Å²) >= 11 is 0. The minimum atomic E-state index is -4.27. The summed E-state index contributed by atoms with van der Waals surface area (Å²) < 4.78 is 48.6. The van der Waals surface area contributed by atoms with E-state index in [1.165, 1.54) is 6.07 Å². The van der Waals surface area contributed by atoms with Crippen LogP contribution in [0.25, 0.3) is 0 Å². The normalized spacial score (nSPS) is 13.8. The molecule has 6 heteroatoms. The Hall–Kier alpha value is -1.30. The van der Waals surface area contributed by atoms with Crippen molar-refractivity contribution in [3.05, 3.63) is 29.6 Å². The highest BCUT2D eigenvalue weighted by molar-refractivity contribution is 5.29. The Morgan fingerprint density at radius 1 is 1.31 bits per heavy atom. The highest BCUT2D eigenvalue weighted by atomic mass is 19.4. The van der Waals surface area contributed by atoms with Crippen LogP contribution in [0.3, 0.4) is 0 Å². The first kappa shape index (κ1) is 12.8. The van der Waals surface area contributed by atoms with Gasteiger partial charge in [-0.1, -0.05) is 6.07 Å². The van der Waals surface area contributed by atoms with E-state index in [4.69, 9.17) is 10.8 Å². The zero-order chi connectivity index (χ0) is 12.3. The Morgan fingerprint density at radius 2 is 1.94 bits per heavy atom. The van der Waals surface area contributed by atoms with Crippen LogP contribution in [-0.4, -0.2) is 11.3 Å². The summed E-state index contributed by atoms with van der Waals surface area (Å²) in [5.74, 6) is -1.44. The maximum absolute atomic E-state index is 12.9. The third-order valence-electron chi connectivity index (χ3n) is 2.14. The Labute approximate surface area is 89.7 Å². The average molecular weight is 237 g/mol. The molecule has 1 atom stereocenters. The fraction of sp³-hybridized carbons (Fsp3) is 0.400. The second kappa shape index (κ2) is 4.69. The van der Waals surface area contributed by atoms with Crippen molar-refractivity contribution >= 4 is 0 Å². The monoisotopic (exact) mass is 237 g/mol. The van der Waals surface area contributed by atoms with E-state index >= 15 is 0 Å². The van der Waals surface area contributed by atoms with Crippen molar-refractivity contribution in [2.24, 2.45) is 5.73 Å². The van der Waals surface area contributed by atoms with Gasteiger partial charge < -0.3 is 10.8 Å². The SMILES string of the molecule is N[C@@H](CCC(F)(F)F)c1ccc(O)c(F)c1. The number of phenols is 1. The van der Waals surface area contributed by atoms with Crippen molar-refractivity contribution in [1.29, 1.82) is 0 Å². The van der Waals surface area contributed by atoms with Crippen molar-refractivity contribution < 1.29 is 22.7 Å². The molecule has 3 N–H and O–H groups in total. The van der Waals surface area contributed by atoms with Gasteiger partial charge in [-0.15, -0.1) is 0 Å². The van der Waals surface area contributed by atoms with Gasteiger partial charge in [-0.05, 0) is 24.1 Å². The van der Waals surface area contributed by atoms with E-state index in [0.29, 0.717) is 0 Å². The molecule has 0 aromatic heterocycles. The average Bonchev–Trinajstić information content (AvgIpc) is 2.17. The smallest absolute Gasteiger partial charge is 0.389 e. The molecule has 1 aromatic carbocycles. The quantitative estimate of drug-likeness (QED) is 0.794. The van der Waals surface area contributed by atoms with E-state index in [1.807, 2.05) is 0 Å². The molecule has 0 aliphatic carbocycles. The van der Waals surface area contributed by atoms with Crippen molar-refractivity contribution in [2.45, 2.75) is 25.1 Å². The molecule has 0 heterocycles. The second-order valence-corrected chi connectivity index (χ2v) is 3.47. The number of rotatable bonds is 3. The lowest BCUT2D eigenvalue weighted by Gasteiger charge is -2.13. The lowest BCUT2D eigenvalue weighted by atomic mass is 10.0. The van der Waals surface area contributed by atoms with E-state index in [-0.39, 0.29) is 12.0 Å². The summed E-state index contributed by atoms with van der Waals surface area (Å²) in [6.07, 6.45) is -5.60. The number of aromatic hydroxyl groups is 1. The Morgan fingerprint density at radius 3 is 2.44 bits per heavy atom. The Kier molecular flexibility index (Phi) is 3.74. The van der Waals surface area contributed by atoms with Gasteiger partial charge >= 0.3 is 6.18 Å². The van der Waals surface area contributed by atoms with E-state index in [2.05, 4.69) is 0 Å². The first-order chi connectivity index (χ1) is 7.29. The van der Waals surface area contributed by atoms with Gasteiger partial charge in [0, 0.05) is 12.5 Å². The summed E-state index contributed by atoms with van der Waals surface area (Å²) in [4.78, 5) is 0. The van der Waals surface area contributed by atoms with Crippen LogP contribution in [0.5, 0.6) is 5.75 Å². The van der Waals surface area contributed by atoms with Gasteiger partial charge in [0.15, 0.2) is 11.6 Å². The van der Waals surface area contributed by atoms with Crippen LogP contribution in [0.4, 0.5) is 17.6 Å². The van der Waals surface area contributed by atoms with E-state index in [1.54, 1.807) is 0 Å². The largest absolute Gasteiger partial charge is 0.505 e. The molecule has 1 rings (SSSR count). The van der Waals surface area contributed by atoms with Crippen LogP contribution in [0.2, 0.25) is 0 Å². The van der Waals surface area contributed by atoms with Crippen LogP contribution in [0.15, 0.2) is 18.2 Å². The van der Waals surface area contributed by atoms with Gasteiger partial charge in [-0.3, -0.25) is 0 Å². The van der Waals surface area contributed by atoms with Crippen LogP contribution < -0.4 is 5.73 Å². The van der Waals surface area contributed by atoms with Gasteiger partial charge in [-0.25, -0.2) is 4.39 Å². The number of hydrogen-bond acceptors (Lipinski definition) is 2. The fourth-order valence-electron chi connectivity index (χ4n) is 1.24. The number of alkyl halides is 3. The number of halogens is 4. The summed E-state index contributed by atoms with van der Waals surface area (Å²) in [5, 5.41) is 8.89. The molecule has 1 aromatic rings. The predicted octanol–water partition coefficient (Wildman–Crippen LogP) is 2.87. The van der Waals surface area contributed by atoms with E-state index in [0.717, 1.165) is 12.1 Å². The van der Waals surface area contributed by atoms with Crippen molar-refractivity contribution in [1.82, 2.24) is 0 Å². The summed E-state index contributed by atoms with van der Waals surface area (Å²) in [6, 6.07) is 2.42. The van der Waals surface area contributed by atoms with Crippen LogP contribution in [0.1, 0.15) is 24.4 Å². The Balaban J connectivity index is 2.66. The lowest BCUT2D eigenvalue weighted by molar-refractivity contribution is -0.136. The van der Waals surface area contributed by atoms with Crippen molar-refractivity contribution in [2.75, 3.05) is 0 Å². The standard InChI is InChI=1S/C10H11F4NO/c11-7-5-6(1-2-9(7)16)8(15)3-4-10(12,13)14/h1-2,5,8,16H,3-4,15H2/t8-/m0/s1. The molecule has 0 aliphatic heterocycles. The molecular weight excluding hydrogens is 226 g/mol. The van der Waals surface area contributed by atoms with Gasteiger partial charge in [0.05, 0.1) is 0 Å². The first-order valence-electron chi connectivity index (χ1n) is 4.60. The van der Waals surface area contributed by atoms with Gasteiger partial charge in [0.2, 0.25) is 0 Å². The lowest BCUT2D eigenvalue weighted by Crippen LogP contribution is -2.15. The molecule has 16 heavy (non-hydrogen) atoms. The number of phenolic OH excluding ortho intramolecular Hbond substituents is 1. The zero-order valence-corrected chi connectivity index (χ0v) is 8.26. The topological polar surface area (TPSA) is 46.2 Å². The molecule has 0 saturated heterocycles. The summed E-state index contributed by atoms with van der Waals surface area (Å²) in [5.41, 5.74) is 5.71. The molecular formula is C10H11F4NO. The molecule has 0 fully saturated rings. The molecule has 0 spiro atoms. The molecule has 0 bridgehead atoms. The van der Waals surface area contributed by atoms with Gasteiger partial charge in [-0.2, -0.15) is 13.2 Å². The van der Waals surface area contributed by atoms with E-state index in [9.17, 15) is 17.6 Å². The highest BCUT2D eigenvalue weighted by Crippen LogP contribution is 2.27. The van der Waals surface area contributed by atoms with Crippen LogP contribution in [0, 0.1) is 5.82 Å². The molecule has 0 unspecified atom stereocenters. The van der Waals surface area contributed by atoms with Crippen LogP contribution >= 0.6 is 0 Å². The summed E-state index contributed by atoms with van der Waals surface area (Å²) in [7, 11) is 0.